The van der Waals surface area contributed by atoms with E-state index in [-0.39, 0.29) is 11.6 Å². The molecule has 0 atom stereocenters. The largest absolute Gasteiger partial charge is 0.433 e. The van der Waals surface area contributed by atoms with E-state index in [4.69, 9.17) is 0 Å². The van der Waals surface area contributed by atoms with Gasteiger partial charge in [0.1, 0.15) is 5.69 Å². The van der Waals surface area contributed by atoms with E-state index in [2.05, 4.69) is 15.7 Å². The van der Waals surface area contributed by atoms with Gasteiger partial charge in [-0.1, -0.05) is 0 Å². The van der Waals surface area contributed by atoms with Gasteiger partial charge in [0.15, 0.2) is 0 Å². The number of carbonyl (C=O) groups excluding carboxylic acids is 2. The Morgan fingerprint density at radius 3 is 2.04 bits per heavy atom. The smallest absolute Gasteiger partial charge is 0.326 e. The van der Waals surface area contributed by atoms with Gasteiger partial charge in [-0.3, -0.25) is 9.59 Å². The minimum atomic E-state index is -4.52. The van der Waals surface area contributed by atoms with E-state index >= 15 is 0 Å². The van der Waals surface area contributed by atoms with Crippen LogP contribution in [0.15, 0.2) is 60.8 Å². The first-order valence-corrected chi connectivity index (χ1v) is 8.15. The molecule has 0 saturated carbocycles. The van der Waals surface area contributed by atoms with Crippen molar-refractivity contribution in [2.24, 2.45) is 0 Å². The number of benzene rings is 2. The topological polar surface area (TPSA) is 76.0 Å². The van der Waals surface area contributed by atoms with Crippen LogP contribution in [0, 0.1) is 0 Å². The summed E-state index contributed by atoms with van der Waals surface area (Å²) in [5, 5.41) is 8.95. The lowest BCUT2D eigenvalue weighted by atomic mass is 10.2. The normalized spacial score (nSPS) is 11.1. The summed E-state index contributed by atoms with van der Waals surface area (Å²) in [6.07, 6.45) is -3.45. The zero-order valence-electron chi connectivity index (χ0n) is 14.6. The molecule has 0 aliphatic carbocycles. The molecule has 9 heteroatoms. The minimum absolute atomic E-state index is 0.218. The summed E-state index contributed by atoms with van der Waals surface area (Å²) in [6.45, 7) is 1.38. The van der Waals surface area contributed by atoms with Crippen molar-refractivity contribution >= 4 is 23.2 Å². The van der Waals surface area contributed by atoms with E-state index in [0.29, 0.717) is 16.9 Å². The summed E-state index contributed by atoms with van der Waals surface area (Å²) in [5.74, 6) is -0.611. The molecule has 0 fully saturated rings. The summed E-state index contributed by atoms with van der Waals surface area (Å²) in [4.78, 5) is 23.3. The Labute approximate surface area is 158 Å². The lowest BCUT2D eigenvalue weighted by Crippen LogP contribution is -2.14. The summed E-state index contributed by atoms with van der Waals surface area (Å²) in [6, 6.07) is 13.0. The van der Waals surface area contributed by atoms with Crippen LogP contribution < -0.4 is 10.6 Å². The third kappa shape index (κ3) is 4.37. The molecule has 2 aromatic carbocycles. The van der Waals surface area contributed by atoms with Crippen LogP contribution in [0.3, 0.4) is 0 Å². The maximum Gasteiger partial charge on any atom is 0.433 e. The fourth-order valence-corrected chi connectivity index (χ4v) is 2.52. The van der Waals surface area contributed by atoms with Gasteiger partial charge in [0.2, 0.25) is 5.91 Å². The zero-order valence-corrected chi connectivity index (χ0v) is 14.6. The highest BCUT2D eigenvalue weighted by Crippen LogP contribution is 2.30. The number of rotatable bonds is 4. The Bertz CT molecular complexity index is 993. The van der Waals surface area contributed by atoms with Crippen LogP contribution in [0.4, 0.5) is 24.5 Å². The summed E-state index contributed by atoms with van der Waals surface area (Å²) in [7, 11) is 0. The molecule has 1 aromatic heterocycles. The third-order valence-electron chi connectivity index (χ3n) is 3.77. The Morgan fingerprint density at radius 1 is 0.893 bits per heavy atom. The molecule has 0 saturated heterocycles. The molecule has 6 nitrogen and oxygen atoms in total. The van der Waals surface area contributed by atoms with E-state index in [0.717, 1.165) is 16.9 Å². The van der Waals surface area contributed by atoms with Crippen molar-refractivity contribution in [3.63, 3.8) is 0 Å². The lowest BCUT2D eigenvalue weighted by Gasteiger charge is -2.11. The summed E-state index contributed by atoms with van der Waals surface area (Å²) >= 11 is 0. The molecule has 144 valence electrons. The van der Waals surface area contributed by atoms with E-state index in [1.165, 1.54) is 31.2 Å². The zero-order chi connectivity index (χ0) is 20.3. The van der Waals surface area contributed by atoms with Crippen molar-refractivity contribution < 1.29 is 22.8 Å². The second-order valence-corrected chi connectivity index (χ2v) is 5.89. The highest BCUT2D eigenvalue weighted by molar-refractivity contribution is 6.04. The van der Waals surface area contributed by atoms with Gasteiger partial charge in [-0.25, -0.2) is 4.68 Å². The fraction of sp³-hybridized carbons (Fsp3) is 0.105. The number of carbonyl (C=O) groups is 2. The molecule has 28 heavy (non-hydrogen) atoms. The van der Waals surface area contributed by atoms with Gasteiger partial charge in [-0.2, -0.15) is 18.3 Å². The first-order valence-electron chi connectivity index (χ1n) is 8.15. The molecule has 2 N–H and O–H groups in total. The van der Waals surface area contributed by atoms with Crippen LogP contribution in [-0.2, 0) is 11.0 Å². The average Bonchev–Trinajstić information content (AvgIpc) is 3.12. The lowest BCUT2D eigenvalue weighted by molar-refractivity contribution is -0.142. The van der Waals surface area contributed by atoms with E-state index in [1.807, 2.05) is 0 Å². The summed E-state index contributed by atoms with van der Waals surface area (Å²) in [5.41, 5.74) is 0.677. The quantitative estimate of drug-likeness (QED) is 0.707. The number of nitrogens with one attached hydrogen (secondary N) is 2. The molecule has 0 aliphatic heterocycles. The third-order valence-corrected chi connectivity index (χ3v) is 3.77. The molecule has 1 heterocycles. The maximum atomic E-state index is 13.0. The minimum Gasteiger partial charge on any atom is -0.326 e. The van der Waals surface area contributed by atoms with Gasteiger partial charge < -0.3 is 10.6 Å². The van der Waals surface area contributed by atoms with Gasteiger partial charge >= 0.3 is 6.18 Å². The van der Waals surface area contributed by atoms with Crippen molar-refractivity contribution in [3.05, 3.63) is 72.1 Å². The van der Waals surface area contributed by atoms with Crippen LogP contribution in [0.25, 0.3) is 5.69 Å². The predicted octanol–water partition coefficient (Wildman–Crippen LogP) is 4.10. The van der Waals surface area contributed by atoms with Gasteiger partial charge in [-0.15, -0.1) is 0 Å². The second-order valence-electron chi connectivity index (χ2n) is 5.89. The van der Waals surface area contributed by atoms with Gasteiger partial charge in [0.25, 0.3) is 5.91 Å². The molecular formula is C19H15F3N4O2. The second kappa shape index (κ2) is 7.55. The molecule has 3 rings (SSSR count). The van der Waals surface area contributed by atoms with Crippen molar-refractivity contribution in [2.45, 2.75) is 13.1 Å². The first-order chi connectivity index (χ1) is 13.2. The van der Waals surface area contributed by atoms with Crippen molar-refractivity contribution in [2.75, 3.05) is 10.6 Å². The van der Waals surface area contributed by atoms with E-state index in [9.17, 15) is 22.8 Å². The monoisotopic (exact) mass is 388 g/mol. The Balaban J connectivity index is 1.72. The number of hydrogen-bond acceptors (Lipinski definition) is 3. The Morgan fingerprint density at radius 2 is 1.46 bits per heavy atom. The standard InChI is InChI=1S/C19H15F3N4O2/c1-12(27)24-14-4-2-13(3-5-14)18(28)25-15-6-8-16(9-7-15)26-17(10-11-23-26)19(20,21)22/h2-11H,1H3,(H,24,27)(H,25,28). The van der Waals surface area contributed by atoms with Crippen molar-refractivity contribution in [1.29, 1.82) is 0 Å². The van der Waals surface area contributed by atoms with Gasteiger partial charge in [-0.05, 0) is 54.6 Å². The highest BCUT2D eigenvalue weighted by atomic mass is 19.4. The SMILES string of the molecule is CC(=O)Nc1ccc(C(=O)Nc2ccc(-n3nccc3C(F)(F)F)cc2)cc1. The van der Waals surface area contributed by atoms with E-state index < -0.39 is 17.8 Å². The van der Waals surface area contributed by atoms with Crippen LogP contribution in [-0.4, -0.2) is 21.6 Å². The number of nitrogens with zero attached hydrogens (tertiary/aromatic N) is 2. The van der Waals surface area contributed by atoms with Crippen LogP contribution >= 0.6 is 0 Å². The number of anilines is 2. The molecule has 0 aliphatic rings. The number of hydrogen-bond donors (Lipinski definition) is 2. The van der Waals surface area contributed by atoms with Crippen molar-refractivity contribution in [1.82, 2.24) is 9.78 Å². The first kappa shape index (κ1) is 19.2. The Hall–Kier alpha value is -3.62. The molecule has 0 radical (unpaired) electrons. The van der Waals surface area contributed by atoms with Gasteiger partial charge in [0.05, 0.1) is 11.9 Å². The summed E-state index contributed by atoms with van der Waals surface area (Å²) < 4.78 is 39.7. The number of halogens is 3. The number of aromatic nitrogens is 2. The van der Waals surface area contributed by atoms with Crippen LogP contribution in [0.1, 0.15) is 23.0 Å². The molecular weight excluding hydrogens is 373 g/mol. The fourth-order valence-electron chi connectivity index (χ4n) is 2.52. The molecule has 0 spiro atoms. The van der Waals surface area contributed by atoms with Crippen LogP contribution in [0.2, 0.25) is 0 Å². The molecule has 2 amide bonds. The molecule has 3 aromatic rings. The van der Waals surface area contributed by atoms with Crippen molar-refractivity contribution in [3.8, 4) is 5.69 Å². The number of alkyl halides is 3. The van der Waals surface area contributed by atoms with E-state index in [1.54, 1.807) is 24.3 Å². The van der Waals surface area contributed by atoms with Crippen LogP contribution in [0.5, 0.6) is 0 Å². The molecule has 0 unspecified atom stereocenters. The predicted molar refractivity (Wildman–Crippen MR) is 97.3 cm³/mol. The maximum absolute atomic E-state index is 13.0. The Kier molecular flexibility index (Phi) is 5.16. The van der Waals surface area contributed by atoms with Gasteiger partial charge in [0, 0.05) is 23.9 Å². The highest BCUT2D eigenvalue weighted by Gasteiger charge is 2.35. The molecule has 0 bridgehead atoms. The number of amides is 2. The average molecular weight is 388 g/mol.